The number of rotatable bonds is 13. The fraction of sp³-hybridized carbons (Fsp3) is 1.00. The van der Waals surface area contributed by atoms with Gasteiger partial charge in [0.15, 0.2) is 0 Å². The molecule has 0 bridgehead atoms. The van der Waals surface area contributed by atoms with Crippen LogP contribution in [0.5, 0.6) is 0 Å². The molecule has 0 aliphatic heterocycles. The standard InChI is InChI=1S/C15H32O3S/c1-3-5-7-9-11-13-15(19(16,17)18)14-12-10-8-6-4-2/h15H,3-14H2,1-2H3,(H,16,17,18). The van der Waals surface area contributed by atoms with Gasteiger partial charge in [-0.25, -0.2) is 0 Å². The predicted octanol–water partition coefficient (Wildman–Crippen LogP) is 4.96. The molecule has 116 valence electrons. The topological polar surface area (TPSA) is 54.4 Å². The summed E-state index contributed by atoms with van der Waals surface area (Å²) in [6.07, 6.45) is 12.4. The summed E-state index contributed by atoms with van der Waals surface area (Å²) < 4.78 is 31.9. The van der Waals surface area contributed by atoms with Crippen LogP contribution in [0.1, 0.15) is 90.9 Å². The Morgan fingerprint density at radius 1 is 0.737 bits per heavy atom. The molecule has 0 atom stereocenters. The first-order chi connectivity index (χ1) is 9.02. The van der Waals surface area contributed by atoms with Crippen LogP contribution in [0.4, 0.5) is 0 Å². The minimum Gasteiger partial charge on any atom is -0.285 e. The smallest absolute Gasteiger partial charge is 0.267 e. The Hall–Kier alpha value is -0.0900. The van der Waals surface area contributed by atoms with Gasteiger partial charge in [0.25, 0.3) is 10.1 Å². The normalized spacial score (nSPS) is 12.2. The Morgan fingerprint density at radius 3 is 1.42 bits per heavy atom. The fourth-order valence-electron chi connectivity index (χ4n) is 2.39. The van der Waals surface area contributed by atoms with E-state index >= 15 is 0 Å². The van der Waals surface area contributed by atoms with Gasteiger partial charge in [0.2, 0.25) is 0 Å². The van der Waals surface area contributed by atoms with E-state index in [9.17, 15) is 13.0 Å². The maximum atomic E-state index is 11.3. The average molecular weight is 292 g/mol. The molecule has 0 aromatic heterocycles. The Bertz CT molecular complexity index is 272. The summed E-state index contributed by atoms with van der Waals surface area (Å²) in [6, 6.07) is 0. The maximum absolute atomic E-state index is 11.3. The maximum Gasteiger partial charge on any atom is 0.267 e. The Balaban J connectivity index is 3.84. The van der Waals surface area contributed by atoms with E-state index in [1.807, 2.05) is 0 Å². The molecule has 0 aromatic rings. The summed E-state index contributed by atoms with van der Waals surface area (Å²) in [5.74, 6) is 0. The lowest BCUT2D eigenvalue weighted by atomic mass is 10.0. The first-order valence-electron chi connectivity index (χ1n) is 7.98. The third kappa shape index (κ3) is 11.4. The van der Waals surface area contributed by atoms with Gasteiger partial charge in [0, 0.05) is 0 Å². The molecule has 0 saturated carbocycles. The van der Waals surface area contributed by atoms with Crippen molar-refractivity contribution < 1.29 is 13.0 Å². The third-order valence-corrected chi connectivity index (χ3v) is 4.99. The lowest BCUT2D eigenvalue weighted by Crippen LogP contribution is -2.20. The largest absolute Gasteiger partial charge is 0.285 e. The van der Waals surface area contributed by atoms with Crippen molar-refractivity contribution in [2.24, 2.45) is 0 Å². The van der Waals surface area contributed by atoms with Crippen LogP contribution < -0.4 is 0 Å². The van der Waals surface area contributed by atoms with E-state index in [4.69, 9.17) is 0 Å². The van der Waals surface area contributed by atoms with E-state index in [-0.39, 0.29) is 0 Å². The van der Waals surface area contributed by atoms with Crippen LogP contribution in [0.3, 0.4) is 0 Å². The van der Waals surface area contributed by atoms with Gasteiger partial charge in [-0.1, -0.05) is 78.1 Å². The third-order valence-electron chi connectivity index (χ3n) is 3.68. The molecule has 0 aliphatic rings. The van der Waals surface area contributed by atoms with Crippen LogP contribution in [-0.4, -0.2) is 18.2 Å². The van der Waals surface area contributed by atoms with Crippen molar-refractivity contribution in [1.82, 2.24) is 0 Å². The number of hydrogen-bond acceptors (Lipinski definition) is 2. The zero-order valence-electron chi connectivity index (χ0n) is 12.7. The Morgan fingerprint density at radius 2 is 1.11 bits per heavy atom. The highest BCUT2D eigenvalue weighted by Gasteiger charge is 2.21. The highest BCUT2D eigenvalue weighted by Crippen LogP contribution is 2.18. The van der Waals surface area contributed by atoms with E-state index in [1.54, 1.807) is 0 Å². The molecule has 0 radical (unpaired) electrons. The van der Waals surface area contributed by atoms with Crippen LogP contribution in [0.25, 0.3) is 0 Å². The van der Waals surface area contributed by atoms with Crippen molar-refractivity contribution in [3.63, 3.8) is 0 Å². The van der Waals surface area contributed by atoms with Gasteiger partial charge in [-0.2, -0.15) is 8.42 Å². The summed E-state index contributed by atoms with van der Waals surface area (Å²) in [5.41, 5.74) is 0. The van der Waals surface area contributed by atoms with Crippen LogP contribution in [0.2, 0.25) is 0 Å². The van der Waals surface area contributed by atoms with Gasteiger partial charge in [0.1, 0.15) is 0 Å². The van der Waals surface area contributed by atoms with Gasteiger partial charge < -0.3 is 0 Å². The minimum absolute atomic E-state index is 0.532. The fourth-order valence-corrected chi connectivity index (χ4v) is 3.32. The van der Waals surface area contributed by atoms with E-state index in [1.165, 1.54) is 38.5 Å². The van der Waals surface area contributed by atoms with E-state index < -0.39 is 15.4 Å². The molecule has 0 rings (SSSR count). The molecule has 0 fully saturated rings. The van der Waals surface area contributed by atoms with Gasteiger partial charge in [-0.05, 0) is 12.8 Å². The Labute approximate surface area is 119 Å². The summed E-state index contributed by atoms with van der Waals surface area (Å²) in [5, 5.41) is -0.532. The van der Waals surface area contributed by atoms with Crippen LogP contribution in [-0.2, 0) is 10.1 Å². The second-order valence-electron chi connectivity index (χ2n) is 5.54. The van der Waals surface area contributed by atoms with Crippen molar-refractivity contribution in [3.05, 3.63) is 0 Å². The highest BCUT2D eigenvalue weighted by atomic mass is 32.2. The molecule has 0 heterocycles. The van der Waals surface area contributed by atoms with Crippen molar-refractivity contribution in [3.8, 4) is 0 Å². The first kappa shape index (κ1) is 18.9. The van der Waals surface area contributed by atoms with Gasteiger partial charge in [-0.15, -0.1) is 0 Å². The lowest BCUT2D eigenvalue weighted by molar-refractivity contribution is 0.443. The molecular formula is C15H32O3S. The molecule has 0 amide bonds. The highest BCUT2D eigenvalue weighted by molar-refractivity contribution is 7.86. The Kier molecular flexibility index (Phi) is 11.7. The van der Waals surface area contributed by atoms with Crippen LogP contribution >= 0.6 is 0 Å². The molecule has 0 spiro atoms. The van der Waals surface area contributed by atoms with Crippen molar-refractivity contribution in [2.45, 2.75) is 96.1 Å². The quantitative estimate of drug-likeness (QED) is 0.385. The summed E-state index contributed by atoms with van der Waals surface area (Å²) >= 11 is 0. The zero-order valence-corrected chi connectivity index (χ0v) is 13.6. The molecule has 4 heteroatoms. The molecular weight excluding hydrogens is 260 g/mol. The monoisotopic (exact) mass is 292 g/mol. The summed E-state index contributed by atoms with van der Waals surface area (Å²) in [4.78, 5) is 0. The van der Waals surface area contributed by atoms with Crippen molar-refractivity contribution in [2.75, 3.05) is 0 Å². The van der Waals surface area contributed by atoms with E-state index in [0.29, 0.717) is 12.8 Å². The molecule has 0 aliphatic carbocycles. The van der Waals surface area contributed by atoms with Gasteiger partial charge in [-0.3, -0.25) is 4.55 Å². The second kappa shape index (κ2) is 11.7. The first-order valence-corrected chi connectivity index (χ1v) is 9.49. The molecule has 0 saturated heterocycles. The summed E-state index contributed by atoms with van der Waals surface area (Å²) in [7, 11) is -3.85. The second-order valence-corrected chi connectivity index (χ2v) is 7.24. The number of hydrogen-bond donors (Lipinski definition) is 1. The minimum atomic E-state index is -3.85. The van der Waals surface area contributed by atoms with Crippen LogP contribution in [0.15, 0.2) is 0 Å². The van der Waals surface area contributed by atoms with Crippen molar-refractivity contribution in [1.29, 1.82) is 0 Å². The number of unbranched alkanes of at least 4 members (excludes halogenated alkanes) is 8. The molecule has 0 aromatic carbocycles. The SMILES string of the molecule is CCCCCCCC(CCCCCCC)S(=O)(=O)O. The van der Waals surface area contributed by atoms with Crippen LogP contribution in [0, 0.1) is 0 Å². The molecule has 0 unspecified atom stereocenters. The predicted molar refractivity (Wildman–Crippen MR) is 82.1 cm³/mol. The van der Waals surface area contributed by atoms with E-state index in [2.05, 4.69) is 13.8 Å². The average Bonchev–Trinajstić information content (AvgIpc) is 2.34. The van der Waals surface area contributed by atoms with Gasteiger partial charge in [0.05, 0.1) is 5.25 Å². The lowest BCUT2D eigenvalue weighted by Gasteiger charge is -2.13. The van der Waals surface area contributed by atoms with Gasteiger partial charge >= 0.3 is 0 Å². The molecule has 1 N–H and O–H groups in total. The van der Waals surface area contributed by atoms with Crippen molar-refractivity contribution >= 4 is 10.1 Å². The molecule has 19 heavy (non-hydrogen) atoms. The molecule has 3 nitrogen and oxygen atoms in total. The summed E-state index contributed by atoms with van der Waals surface area (Å²) in [6.45, 7) is 4.33. The zero-order chi connectivity index (χ0) is 14.6. The van der Waals surface area contributed by atoms with E-state index in [0.717, 1.165) is 25.7 Å².